The van der Waals surface area contributed by atoms with E-state index < -0.39 is 0 Å². The zero-order valence-electron chi connectivity index (χ0n) is 15.0. The van der Waals surface area contributed by atoms with Crippen LogP contribution in [0.4, 0.5) is 0 Å². The number of hydrogen-bond donors (Lipinski definition) is 0. The first-order valence-corrected chi connectivity index (χ1v) is 8.92. The highest BCUT2D eigenvalue weighted by Crippen LogP contribution is 2.59. The van der Waals surface area contributed by atoms with Crippen LogP contribution in [0.5, 0.6) is 0 Å². The highest BCUT2D eigenvalue weighted by molar-refractivity contribution is 6.05. The topological polar surface area (TPSA) is 63.7 Å². The second-order valence-electron chi connectivity index (χ2n) is 8.26. The molecule has 3 fully saturated rings. The molecule has 24 heavy (non-hydrogen) atoms. The van der Waals surface area contributed by atoms with Crippen molar-refractivity contribution in [3.05, 3.63) is 11.6 Å². The van der Waals surface area contributed by atoms with Crippen LogP contribution in [-0.4, -0.2) is 29.4 Å². The molecular formula is C19H27NO4. The molecule has 1 aliphatic heterocycles. The zero-order chi connectivity index (χ0) is 17.6. The van der Waals surface area contributed by atoms with E-state index >= 15 is 0 Å². The molecule has 3 rings (SSSR count). The molecule has 0 radical (unpaired) electrons. The lowest BCUT2D eigenvalue weighted by atomic mass is 9.81. The molecule has 0 bridgehead atoms. The van der Waals surface area contributed by atoms with E-state index in [0.717, 1.165) is 30.6 Å². The highest BCUT2D eigenvalue weighted by Gasteiger charge is 2.61. The monoisotopic (exact) mass is 333 g/mol. The number of nitrogens with zero attached hydrogens (tertiary/aromatic N) is 1. The second-order valence-corrected chi connectivity index (χ2v) is 8.26. The Labute approximate surface area is 143 Å². The summed E-state index contributed by atoms with van der Waals surface area (Å²) in [7, 11) is 0. The van der Waals surface area contributed by atoms with Crippen LogP contribution in [0, 0.1) is 29.1 Å². The van der Waals surface area contributed by atoms with Gasteiger partial charge in [0, 0.05) is 0 Å². The van der Waals surface area contributed by atoms with E-state index in [1.807, 2.05) is 27.7 Å². The molecule has 4 atom stereocenters. The van der Waals surface area contributed by atoms with E-state index in [1.165, 1.54) is 5.57 Å². The molecule has 0 aromatic heterocycles. The number of carbonyl (C=O) groups is 3. The maximum atomic E-state index is 12.4. The quantitative estimate of drug-likeness (QED) is 0.451. The fourth-order valence-corrected chi connectivity index (χ4v) is 4.37. The predicted octanol–water partition coefficient (Wildman–Crippen LogP) is 2.90. The lowest BCUT2D eigenvalue weighted by Gasteiger charge is -2.19. The molecule has 0 N–H and O–H groups in total. The van der Waals surface area contributed by atoms with Crippen molar-refractivity contribution in [3.63, 3.8) is 0 Å². The van der Waals surface area contributed by atoms with Crippen molar-refractivity contribution in [2.75, 3.05) is 6.73 Å². The van der Waals surface area contributed by atoms with Crippen molar-refractivity contribution >= 4 is 17.8 Å². The predicted molar refractivity (Wildman–Crippen MR) is 88.5 cm³/mol. The number of rotatable bonds is 4. The minimum absolute atomic E-state index is 0.124. The summed E-state index contributed by atoms with van der Waals surface area (Å²) in [6.45, 7) is 7.89. The average molecular weight is 333 g/mol. The first-order chi connectivity index (χ1) is 11.2. The van der Waals surface area contributed by atoms with Crippen LogP contribution < -0.4 is 0 Å². The summed E-state index contributed by atoms with van der Waals surface area (Å²) in [6, 6.07) is 0. The number of carbonyl (C=O) groups excluding carboxylic acids is 3. The summed E-state index contributed by atoms with van der Waals surface area (Å²) in [5.41, 5.74) is 1.05. The Balaban J connectivity index is 1.60. The van der Waals surface area contributed by atoms with Crippen LogP contribution in [0.2, 0.25) is 0 Å². The molecule has 0 aromatic rings. The smallest absolute Gasteiger partial charge is 0.311 e. The molecule has 1 saturated heterocycles. The van der Waals surface area contributed by atoms with Gasteiger partial charge in [0.05, 0.1) is 17.8 Å². The van der Waals surface area contributed by atoms with Crippen molar-refractivity contribution in [1.82, 2.24) is 4.90 Å². The molecule has 5 heteroatoms. The lowest BCUT2D eigenvalue weighted by molar-refractivity contribution is -0.157. The van der Waals surface area contributed by atoms with Crippen LogP contribution in [0.3, 0.4) is 0 Å². The van der Waals surface area contributed by atoms with Gasteiger partial charge in [0.1, 0.15) is 0 Å². The van der Waals surface area contributed by atoms with Crippen molar-refractivity contribution in [1.29, 1.82) is 0 Å². The van der Waals surface area contributed by atoms with Gasteiger partial charge in [-0.25, -0.2) is 4.90 Å². The van der Waals surface area contributed by atoms with Crippen LogP contribution >= 0.6 is 0 Å². The summed E-state index contributed by atoms with van der Waals surface area (Å²) in [4.78, 5) is 38.3. The summed E-state index contributed by atoms with van der Waals surface area (Å²) >= 11 is 0. The number of likely N-dealkylation sites (tertiary alicyclic amines) is 1. The summed E-state index contributed by atoms with van der Waals surface area (Å²) in [5.74, 6) is -1.04. The van der Waals surface area contributed by atoms with E-state index in [4.69, 9.17) is 4.74 Å². The van der Waals surface area contributed by atoms with Gasteiger partial charge in [-0.3, -0.25) is 14.4 Å². The Morgan fingerprint density at radius 2 is 1.71 bits per heavy atom. The molecule has 132 valence electrons. The third-order valence-electron chi connectivity index (χ3n) is 5.95. The number of fused-ring (bicyclic) bond motifs is 1. The fraction of sp³-hybridized carbons (Fsp3) is 0.737. The lowest BCUT2D eigenvalue weighted by Crippen LogP contribution is -2.34. The Kier molecular flexibility index (Phi) is 4.30. The Morgan fingerprint density at radius 3 is 2.21 bits per heavy atom. The average Bonchev–Trinajstić information content (AvgIpc) is 2.96. The van der Waals surface area contributed by atoms with Crippen molar-refractivity contribution in [2.45, 2.75) is 53.4 Å². The van der Waals surface area contributed by atoms with Gasteiger partial charge < -0.3 is 4.74 Å². The van der Waals surface area contributed by atoms with Crippen LogP contribution in [0.25, 0.3) is 0 Å². The summed E-state index contributed by atoms with van der Waals surface area (Å²) in [6.07, 6.45) is 5.64. The Bertz CT molecular complexity index is 578. The third-order valence-corrected chi connectivity index (χ3v) is 5.95. The SMILES string of the molecule is CC(C)=CC1C(C(=O)OCN2C(=O)C3CCCCC3C2=O)C1(C)C. The van der Waals surface area contributed by atoms with Gasteiger partial charge in [-0.2, -0.15) is 0 Å². The van der Waals surface area contributed by atoms with Crippen molar-refractivity contribution < 1.29 is 19.1 Å². The van der Waals surface area contributed by atoms with Crippen LogP contribution in [-0.2, 0) is 19.1 Å². The van der Waals surface area contributed by atoms with Gasteiger partial charge in [-0.15, -0.1) is 0 Å². The largest absolute Gasteiger partial charge is 0.443 e. The third kappa shape index (κ3) is 2.78. The first-order valence-electron chi connectivity index (χ1n) is 8.92. The molecule has 4 unspecified atom stereocenters. The van der Waals surface area contributed by atoms with Crippen molar-refractivity contribution in [3.8, 4) is 0 Å². The van der Waals surface area contributed by atoms with Gasteiger partial charge in [0.2, 0.25) is 11.8 Å². The molecule has 1 heterocycles. The second kappa shape index (κ2) is 6.01. The van der Waals surface area contributed by atoms with Crippen molar-refractivity contribution in [2.24, 2.45) is 29.1 Å². The normalized spacial score (nSPS) is 33.9. The minimum atomic E-state index is -0.307. The fourth-order valence-electron chi connectivity index (χ4n) is 4.37. The molecule has 0 aromatic carbocycles. The molecular weight excluding hydrogens is 306 g/mol. The molecule has 5 nitrogen and oxygen atoms in total. The summed E-state index contributed by atoms with van der Waals surface area (Å²) in [5, 5.41) is 0. The minimum Gasteiger partial charge on any atom is -0.443 e. The molecule has 3 aliphatic rings. The van der Waals surface area contributed by atoms with Crippen LogP contribution in [0.1, 0.15) is 53.4 Å². The maximum absolute atomic E-state index is 12.4. The Hall–Kier alpha value is -1.65. The highest BCUT2D eigenvalue weighted by atomic mass is 16.5. The van der Waals surface area contributed by atoms with E-state index in [1.54, 1.807) is 0 Å². The number of hydrogen-bond acceptors (Lipinski definition) is 4. The standard InChI is InChI=1S/C19H27NO4/c1-11(2)9-14-15(19(14,3)4)18(23)24-10-20-16(21)12-7-5-6-8-13(12)17(20)22/h9,12-15H,5-8,10H2,1-4H3. The van der Waals surface area contributed by atoms with Gasteiger partial charge in [0.15, 0.2) is 6.73 Å². The van der Waals surface area contributed by atoms with E-state index in [2.05, 4.69) is 6.08 Å². The molecule has 2 amide bonds. The number of allylic oxidation sites excluding steroid dienone is 2. The number of amides is 2. The van der Waals surface area contributed by atoms with Gasteiger partial charge >= 0.3 is 5.97 Å². The van der Waals surface area contributed by atoms with E-state index in [0.29, 0.717) is 0 Å². The number of ether oxygens (including phenoxy) is 1. The van der Waals surface area contributed by atoms with Gasteiger partial charge in [-0.05, 0) is 38.0 Å². The summed E-state index contributed by atoms with van der Waals surface area (Å²) < 4.78 is 5.36. The van der Waals surface area contributed by atoms with Gasteiger partial charge in [-0.1, -0.05) is 38.3 Å². The van der Waals surface area contributed by atoms with E-state index in [9.17, 15) is 14.4 Å². The number of esters is 1. The maximum Gasteiger partial charge on any atom is 0.311 e. The molecule has 0 spiro atoms. The molecule has 2 aliphatic carbocycles. The van der Waals surface area contributed by atoms with E-state index in [-0.39, 0.29) is 53.6 Å². The Morgan fingerprint density at radius 1 is 1.17 bits per heavy atom. The van der Waals surface area contributed by atoms with Crippen LogP contribution in [0.15, 0.2) is 11.6 Å². The van der Waals surface area contributed by atoms with Gasteiger partial charge in [0.25, 0.3) is 0 Å². The molecule has 2 saturated carbocycles. The number of imide groups is 1. The zero-order valence-corrected chi connectivity index (χ0v) is 15.0. The first kappa shape index (κ1) is 17.2.